The molecular formula is C14H22N2O. The fraction of sp³-hybridized carbons (Fsp3) is 0.500. The second kappa shape index (κ2) is 6.40. The zero-order chi connectivity index (χ0) is 12.8. The van der Waals surface area contributed by atoms with E-state index < -0.39 is 0 Å². The van der Waals surface area contributed by atoms with Gasteiger partial charge < -0.3 is 11.1 Å². The first-order valence-electron chi connectivity index (χ1n) is 6.11. The Kier molecular flexibility index (Phi) is 5.16. The van der Waals surface area contributed by atoms with Crippen molar-refractivity contribution in [2.75, 3.05) is 6.54 Å². The Hall–Kier alpha value is -1.35. The molecule has 1 atom stereocenters. The highest BCUT2D eigenvalue weighted by molar-refractivity contribution is 5.95. The van der Waals surface area contributed by atoms with Crippen LogP contribution in [0.15, 0.2) is 24.3 Å². The van der Waals surface area contributed by atoms with E-state index in [0.717, 1.165) is 17.5 Å². The molecule has 3 heteroatoms. The Balaban J connectivity index is 2.68. The first-order valence-corrected chi connectivity index (χ1v) is 6.11. The molecule has 0 heterocycles. The Morgan fingerprint density at radius 1 is 1.35 bits per heavy atom. The van der Waals surface area contributed by atoms with Crippen molar-refractivity contribution in [1.82, 2.24) is 5.32 Å². The van der Waals surface area contributed by atoms with Gasteiger partial charge in [-0.2, -0.15) is 0 Å². The molecule has 0 saturated heterocycles. The van der Waals surface area contributed by atoms with E-state index in [-0.39, 0.29) is 11.9 Å². The number of nitrogens with two attached hydrogens (primary N) is 1. The lowest BCUT2D eigenvalue weighted by atomic mass is 10.0. The van der Waals surface area contributed by atoms with Crippen molar-refractivity contribution < 1.29 is 4.79 Å². The third-order valence-corrected chi connectivity index (χ3v) is 2.77. The summed E-state index contributed by atoms with van der Waals surface area (Å²) in [5.74, 6) is 0.500. The van der Waals surface area contributed by atoms with E-state index in [1.54, 1.807) is 0 Å². The molecule has 3 N–H and O–H groups in total. The van der Waals surface area contributed by atoms with Crippen molar-refractivity contribution in [3.05, 3.63) is 35.4 Å². The third kappa shape index (κ3) is 4.19. The summed E-state index contributed by atoms with van der Waals surface area (Å²) in [7, 11) is 0. The van der Waals surface area contributed by atoms with Gasteiger partial charge in [0.2, 0.25) is 0 Å². The smallest absolute Gasteiger partial charge is 0.251 e. The van der Waals surface area contributed by atoms with Crippen LogP contribution < -0.4 is 11.1 Å². The molecule has 0 spiro atoms. The number of rotatable bonds is 5. The van der Waals surface area contributed by atoms with Gasteiger partial charge in [-0.25, -0.2) is 0 Å². The van der Waals surface area contributed by atoms with Gasteiger partial charge >= 0.3 is 0 Å². The van der Waals surface area contributed by atoms with Crippen LogP contribution in [0, 0.1) is 12.8 Å². The van der Waals surface area contributed by atoms with Gasteiger partial charge in [-0.05, 0) is 30.9 Å². The third-order valence-electron chi connectivity index (χ3n) is 2.77. The van der Waals surface area contributed by atoms with Crippen LogP contribution in [0.5, 0.6) is 0 Å². The summed E-state index contributed by atoms with van der Waals surface area (Å²) < 4.78 is 0. The minimum atomic E-state index is -0.0285. The fourth-order valence-corrected chi connectivity index (χ4v) is 1.87. The molecular weight excluding hydrogens is 212 g/mol. The highest BCUT2D eigenvalue weighted by atomic mass is 16.1. The lowest BCUT2D eigenvalue weighted by Crippen LogP contribution is -2.41. The molecule has 1 rings (SSSR count). The molecule has 0 saturated carbocycles. The number of nitrogens with one attached hydrogen (secondary N) is 1. The Morgan fingerprint density at radius 3 is 2.53 bits per heavy atom. The molecule has 0 aromatic heterocycles. The van der Waals surface area contributed by atoms with Crippen LogP contribution in [-0.4, -0.2) is 18.5 Å². The van der Waals surface area contributed by atoms with Crippen molar-refractivity contribution in [3.8, 4) is 0 Å². The number of carbonyl (C=O) groups excluding carboxylic acids is 1. The van der Waals surface area contributed by atoms with Gasteiger partial charge in [0.15, 0.2) is 0 Å². The highest BCUT2D eigenvalue weighted by Crippen LogP contribution is 2.09. The van der Waals surface area contributed by atoms with Gasteiger partial charge in [0, 0.05) is 18.2 Å². The van der Waals surface area contributed by atoms with E-state index in [0.29, 0.717) is 12.5 Å². The maximum Gasteiger partial charge on any atom is 0.251 e. The average molecular weight is 234 g/mol. The summed E-state index contributed by atoms with van der Waals surface area (Å²) in [4.78, 5) is 12.0. The summed E-state index contributed by atoms with van der Waals surface area (Å²) in [6.07, 6.45) is 0.911. The zero-order valence-electron chi connectivity index (χ0n) is 10.9. The normalized spacial score (nSPS) is 12.5. The summed E-state index contributed by atoms with van der Waals surface area (Å²) in [6.45, 7) is 6.68. The van der Waals surface area contributed by atoms with Gasteiger partial charge in [-0.3, -0.25) is 4.79 Å². The summed E-state index contributed by atoms with van der Waals surface area (Å²) in [5, 5.41) is 2.99. The molecule has 1 aromatic carbocycles. The number of aryl methyl sites for hydroxylation is 1. The summed E-state index contributed by atoms with van der Waals surface area (Å²) in [6, 6.07) is 7.65. The van der Waals surface area contributed by atoms with Crippen LogP contribution in [0.25, 0.3) is 0 Å². The van der Waals surface area contributed by atoms with E-state index in [4.69, 9.17) is 5.73 Å². The van der Waals surface area contributed by atoms with Crippen molar-refractivity contribution in [2.24, 2.45) is 11.7 Å². The largest absolute Gasteiger partial charge is 0.348 e. The lowest BCUT2D eigenvalue weighted by Gasteiger charge is -2.19. The van der Waals surface area contributed by atoms with E-state index in [1.165, 1.54) is 0 Å². The van der Waals surface area contributed by atoms with Crippen LogP contribution in [0.3, 0.4) is 0 Å². The number of hydrogen-bond acceptors (Lipinski definition) is 2. The molecule has 0 bridgehead atoms. The maximum atomic E-state index is 12.0. The molecule has 0 aliphatic heterocycles. The van der Waals surface area contributed by atoms with Crippen LogP contribution in [0.4, 0.5) is 0 Å². The molecule has 0 fully saturated rings. The van der Waals surface area contributed by atoms with E-state index >= 15 is 0 Å². The average Bonchev–Trinajstić information content (AvgIpc) is 2.27. The fourth-order valence-electron chi connectivity index (χ4n) is 1.87. The molecule has 0 aliphatic carbocycles. The SMILES string of the molecule is Cc1ccccc1C(=O)NC(CN)CC(C)C. The Bertz CT molecular complexity index is 374. The minimum Gasteiger partial charge on any atom is -0.348 e. The Morgan fingerprint density at radius 2 is 2.00 bits per heavy atom. The van der Waals surface area contributed by atoms with Gasteiger partial charge in [-0.1, -0.05) is 32.0 Å². The van der Waals surface area contributed by atoms with Crippen LogP contribution in [-0.2, 0) is 0 Å². The minimum absolute atomic E-state index is 0.0285. The van der Waals surface area contributed by atoms with Crippen molar-refractivity contribution in [2.45, 2.75) is 33.2 Å². The number of benzene rings is 1. The molecule has 1 unspecified atom stereocenters. The van der Waals surface area contributed by atoms with Crippen LogP contribution in [0.2, 0.25) is 0 Å². The van der Waals surface area contributed by atoms with E-state index in [2.05, 4.69) is 19.2 Å². The van der Waals surface area contributed by atoms with Crippen molar-refractivity contribution >= 4 is 5.91 Å². The van der Waals surface area contributed by atoms with Crippen molar-refractivity contribution in [1.29, 1.82) is 0 Å². The van der Waals surface area contributed by atoms with Gasteiger partial charge in [-0.15, -0.1) is 0 Å². The number of hydrogen-bond donors (Lipinski definition) is 2. The predicted octanol–water partition coefficient (Wildman–Crippen LogP) is 2.10. The number of carbonyl (C=O) groups is 1. The lowest BCUT2D eigenvalue weighted by molar-refractivity contribution is 0.0933. The van der Waals surface area contributed by atoms with Gasteiger partial charge in [0.25, 0.3) is 5.91 Å². The molecule has 1 aromatic rings. The topological polar surface area (TPSA) is 55.1 Å². The first kappa shape index (κ1) is 13.7. The standard InChI is InChI=1S/C14H22N2O/c1-10(2)8-12(9-15)16-14(17)13-7-5-4-6-11(13)3/h4-7,10,12H,8-9,15H2,1-3H3,(H,16,17). The second-order valence-electron chi connectivity index (χ2n) is 4.85. The molecule has 0 aliphatic rings. The molecule has 0 radical (unpaired) electrons. The van der Waals surface area contributed by atoms with Gasteiger partial charge in [0.1, 0.15) is 0 Å². The highest BCUT2D eigenvalue weighted by Gasteiger charge is 2.14. The molecule has 1 amide bonds. The molecule has 3 nitrogen and oxygen atoms in total. The van der Waals surface area contributed by atoms with Crippen molar-refractivity contribution in [3.63, 3.8) is 0 Å². The van der Waals surface area contributed by atoms with Crippen LogP contribution in [0.1, 0.15) is 36.2 Å². The second-order valence-corrected chi connectivity index (χ2v) is 4.85. The van der Waals surface area contributed by atoms with Gasteiger partial charge in [0.05, 0.1) is 0 Å². The van der Waals surface area contributed by atoms with E-state index in [1.807, 2.05) is 31.2 Å². The monoisotopic (exact) mass is 234 g/mol. The summed E-state index contributed by atoms with van der Waals surface area (Å²) in [5.41, 5.74) is 7.39. The zero-order valence-corrected chi connectivity index (χ0v) is 10.9. The Labute approximate surface area is 103 Å². The van der Waals surface area contributed by atoms with Crippen LogP contribution >= 0.6 is 0 Å². The molecule has 17 heavy (non-hydrogen) atoms. The maximum absolute atomic E-state index is 12.0. The van der Waals surface area contributed by atoms with E-state index in [9.17, 15) is 4.79 Å². The quantitative estimate of drug-likeness (QED) is 0.819. The first-order chi connectivity index (χ1) is 8.04. The molecule has 94 valence electrons. The predicted molar refractivity (Wildman–Crippen MR) is 70.9 cm³/mol. The summed E-state index contributed by atoms with van der Waals surface area (Å²) >= 11 is 0. The number of amides is 1.